The second-order valence-corrected chi connectivity index (χ2v) is 5.43. The van der Waals surface area contributed by atoms with E-state index in [1.165, 1.54) is 12.1 Å². The van der Waals surface area contributed by atoms with E-state index in [2.05, 4.69) is 0 Å². The second kappa shape index (κ2) is 3.76. The molecule has 5 heteroatoms. The summed E-state index contributed by atoms with van der Waals surface area (Å²) >= 11 is 0. The number of pyridine rings is 2. The number of hydrogen-bond donors (Lipinski definition) is 0. The molecule has 1 aromatic carbocycles. The van der Waals surface area contributed by atoms with Crippen molar-refractivity contribution in [3.05, 3.63) is 54.9 Å². The monoisotopic (exact) mass is 259 g/mol. The zero-order valence-electron chi connectivity index (χ0n) is 9.28. The van der Waals surface area contributed by atoms with Gasteiger partial charge in [0.2, 0.25) is 5.52 Å². The summed E-state index contributed by atoms with van der Waals surface area (Å²) in [6.07, 6.45) is 3.80. The van der Waals surface area contributed by atoms with Gasteiger partial charge in [0.05, 0.1) is 4.90 Å². The van der Waals surface area contributed by atoms with Crippen molar-refractivity contribution in [2.45, 2.75) is 4.90 Å². The van der Waals surface area contributed by atoms with Crippen LogP contribution < -0.4 is 4.40 Å². The van der Waals surface area contributed by atoms with E-state index in [1.54, 1.807) is 6.07 Å². The average molecular weight is 259 g/mol. The maximum absolute atomic E-state index is 11.0. The normalized spacial score (nSPS) is 12.1. The fraction of sp³-hybridized carbons (Fsp3) is 0. The van der Waals surface area contributed by atoms with Crippen molar-refractivity contribution in [1.29, 1.82) is 0 Å². The van der Waals surface area contributed by atoms with Crippen LogP contribution in [0.5, 0.6) is 0 Å². The molecule has 0 atom stereocenters. The van der Waals surface area contributed by atoms with E-state index in [4.69, 9.17) is 0 Å². The van der Waals surface area contributed by atoms with Gasteiger partial charge in [0.15, 0.2) is 12.4 Å². The Labute approximate surface area is 104 Å². The van der Waals surface area contributed by atoms with Crippen molar-refractivity contribution in [2.75, 3.05) is 0 Å². The predicted octanol–water partition coefficient (Wildman–Crippen LogP) is 1.48. The smallest absolute Gasteiger partial charge is 0.211 e. The van der Waals surface area contributed by atoms with E-state index in [0.717, 1.165) is 16.3 Å². The molecule has 3 aromatic rings. The minimum Gasteiger partial charge on any atom is -0.744 e. The van der Waals surface area contributed by atoms with Gasteiger partial charge in [-0.15, -0.1) is 0 Å². The lowest BCUT2D eigenvalue weighted by Crippen LogP contribution is -2.19. The molecule has 0 fully saturated rings. The number of aromatic nitrogens is 1. The van der Waals surface area contributed by atoms with Crippen LogP contribution in [-0.4, -0.2) is 13.0 Å². The first-order valence-corrected chi connectivity index (χ1v) is 6.75. The number of nitrogens with zero attached hydrogens (tertiary/aromatic N) is 1. The first-order valence-electron chi connectivity index (χ1n) is 5.34. The van der Waals surface area contributed by atoms with E-state index in [9.17, 15) is 13.0 Å². The van der Waals surface area contributed by atoms with Crippen molar-refractivity contribution < 1.29 is 17.4 Å². The second-order valence-electron chi connectivity index (χ2n) is 4.05. The van der Waals surface area contributed by atoms with E-state index in [0.29, 0.717) is 0 Å². The molecule has 0 bridgehead atoms. The summed E-state index contributed by atoms with van der Waals surface area (Å²) in [5.41, 5.74) is 0.936. The Morgan fingerprint density at radius 3 is 2.61 bits per heavy atom. The number of fused-ring (bicyclic) bond motifs is 2. The van der Waals surface area contributed by atoms with Gasteiger partial charge in [-0.3, -0.25) is 0 Å². The Morgan fingerprint density at radius 2 is 1.83 bits per heavy atom. The number of hydrogen-bond acceptors (Lipinski definition) is 3. The highest BCUT2D eigenvalue weighted by Crippen LogP contribution is 2.18. The maximum atomic E-state index is 11.0. The molecule has 18 heavy (non-hydrogen) atoms. The molecule has 0 spiro atoms. The molecule has 0 aliphatic rings. The lowest BCUT2D eigenvalue weighted by Gasteiger charge is -2.07. The molecular formula is C13H9NO3S. The Balaban J connectivity index is 2.37. The third-order valence-corrected chi connectivity index (χ3v) is 3.68. The molecule has 3 rings (SSSR count). The van der Waals surface area contributed by atoms with Gasteiger partial charge in [-0.25, -0.2) is 8.42 Å². The summed E-state index contributed by atoms with van der Waals surface area (Å²) in [6.45, 7) is 0. The van der Waals surface area contributed by atoms with Crippen LogP contribution in [0.1, 0.15) is 0 Å². The van der Waals surface area contributed by atoms with Crippen LogP contribution in [0.2, 0.25) is 0 Å². The minimum absolute atomic E-state index is 0.199. The Bertz CT molecular complexity index is 856. The van der Waals surface area contributed by atoms with E-state index in [-0.39, 0.29) is 4.90 Å². The van der Waals surface area contributed by atoms with Gasteiger partial charge in [0, 0.05) is 23.6 Å². The molecule has 0 saturated heterocycles. The molecule has 2 heterocycles. The fourth-order valence-electron chi connectivity index (χ4n) is 1.97. The summed E-state index contributed by atoms with van der Waals surface area (Å²) in [7, 11) is -4.40. The van der Waals surface area contributed by atoms with Crippen LogP contribution in [0, 0.1) is 0 Å². The molecule has 4 nitrogen and oxygen atoms in total. The van der Waals surface area contributed by atoms with Crippen LogP contribution in [0.3, 0.4) is 0 Å². The summed E-state index contributed by atoms with van der Waals surface area (Å²) < 4.78 is 34.9. The fourth-order valence-corrected chi connectivity index (χ4v) is 2.48. The van der Waals surface area contributed by atoms with E-state index < -0.39 is 10.1 Å². The highest BCUT2D eigenvalue weighted by atomic mass is 32.2. The van der Waals surface area contributed by atoms with Crippen LogP contribution >= 0.6 is 0 Å². The summed E-state index contributed by atoms with van der Waals surface area (Å²) in [4.78, 5) is -0.199. The van der Waals surface area contributed by atoms with Gasteiger partial charge in [-0.2, -0.15) is 4.40 Å². The zero-order valence-corrected chi connectivity index (χ0v) is 10.1. The SMILES string of the molecule is O=S(=O)([O-])c1ccc2c[n+]3ccccc3cc2c1. The van der Waals surface area contributed by atoms with Crippen LogP contribution in [0.4, 0.5) is 0 Å². The Morgan fingerprint density at radius 1 is 1.00 bits per heavy atom. The van der Waals surface area contributed by atoms with Crippen molar-refractivity contribution in [1.82, 2.24) is 0 Å². The van der Waals surface area contributed by atoms with E-state index >= 15 is 0 Å². The minimum atomic E-state index is -4.40. The molecule has 0 radical (unpaired) electrons. The van der Waals surface area contributed by atoms with E-state index in [1.807, 2.05) is 41.1 Å². The van der Waals surface area contributed by atoms with Gasteiger partial charge in [0.25, 0.3) is 0 Å². The summed E-state index contributed by atoms with van der Waals surface area (Å²) in [5.74, 6) is 0. The molecular weight excluding hydrogens is 250 g/mol. The van der Waals surface area contributed by atoms with Crippen molar-refractivity contribution >= 4 is 26.4 Å². The largest absolute Gasteiger partial charge is 0.744 e. The average Bonchev–Trinajstić information content (AvgIpc) is 2.34. The highest BCUT2D eigenvalue weighted by Gasteiger charge is 2.07. The van der Waals surface area contributed by atoms with Gasteiger partial charge >= 0.3 is 0 Å². The quantitative estimate of drug-likeness (QED) is 0.378. The zero-order chi connectivity index (χ0) is 12.8. The summed E-state index contributed by atoms with van der Waals surface area (Å²) in [6, 6.07) is 12.0. The predicted molar refractivity (Wildman–Crippen MR) is 65.1 cm³/mol. The maximum Gasteiger partial charge on any atom is 0.211 e. The van der Waals surface area contributed by atoms with Crippen LogP contribution in [0.25, 0.3) is 16.3 Å². The third-order valence-electron chi connectivity index (χ3n) is 2.85. The number of rotatable bonds is 1. The van der Waals surface area contributed by atoms with Gasteiger partial charge in [-0.1, -0.05) is 0 Å². The highest BCUT2D eigenvalue weighted by molar-refractivity contribution is 7.85. The first kappa shape index (κ1) is 11.1. The lowest BCUT2D eigenvalue weighted by molar-refractivity contribution is -0.510. The molecule has 0 saturated carbocycles. The van der Waals surface area contributed by atoms with Crippen LogP contribution in [-0.2, 0) is 10.1 Å². The van der Waals surface area contributed by atoms with Gasteiger partial charge < -0.3 is 4.55 Å². The molecule has 90 valence electrons. The molecule has 0 aliphatic heterocycles. The molecule has 2 aromatic heterocycles. The van der Waals surface area contributed by atoms with Crippen LogP contribution in [0.15, 0.2) is 59.8 Å². The topological polar surface area (TPSA) is 61.3 Å². The van der Waals surface area contributed by atoms with Crippen molar-refractivity contribution in [2.24, 2.45) is 0 Å². The third kappa shape index (κ3) is 1.83. The Hall–Kier alpha value is -1.98. The van der Waals surface area contributed by atoms with Gasteiger partial charge in [-0.05, 0) is 29.7 Å². The molecule has 0 amide bonds. The first-order chi connectivity index (χ1) is 8.54. The van der Waals surface area contributed by atoms with Gasteiger partial charge in [0.1, 0.15) is 10.1 Å². The molecule has 0 unspecified atom stereocenters. The Kier molecular flexibility index (Phi) is 2.33. The van der Waals surface area contributed by atoms with Crippen molar-refractivity contribution in [3.8, 4) is 0 Å². The molecule has 0 aliphatic carbocycles. The molecule has 0 N–H and O–H groups in total. The summed E-state index contributed by atoms with van der Waals surface area (Å²) in [5, 5.41) is 1.62. The standard InChI is InChI=1S/C13H9NO3S/c15-18(16,17)13-5-4-10-9-14-6-2-1-3-12(14)7-11(10)8-13/h1-9H. The lowest BCUT2D eigenvalue weighted by atomic mass is 10.1. The van der Waals surface area contributed by atoms with Crippen molar-refractivity contribution in [3.63, 3.8) is 0 Å². The number of benzene rings is 1.